The van der Waals surface area contributed by atoms with E-state index in [1.807, 2.05) is 25.1 Å². The van der Waals surface area contributed by atoms with Crippen molar-refractivity contribution in [2.24, 2.45) is 0 Å². The first-order chi connectivity index (χ1) is 7.58. The van der Waals surface area contributed by atoms with Crippen molar-refractivity contribution in [2.75, 3.05) is 5.73 Å². The molecule has 16 heavy (non-hydrogen) atoms. The molecule has 0 bridgehead atoms. The van der Waals surface area contributed by atoms with E-state index < -0.39 is 0 Å². The highest BCUT2D eigenvalue weighted by molar-refractivity contribution is 14.1. The van der Waals surface area contributed by atoms with Crippen LogP contribution in [0.4, 0.5) is 5.82 Å². The first-order valence-electron chi connectivity index (χ1n) is 4.79. The van der Waals surface area contributed by atoms with Crippen LogP contribution < -0.4 is 5.73 Å². The number of hydrogen-bond donors (Lipinski definition) is 1. The van der Waals surface area contributed by atoms with Gasteiger partial charge in [0.15, 0.2) is 0 Å². The molecule has 0 aliphatic carbocycles. The van der Waals surface area contributed by atoms with E-state index in [2.05, 4.69) is 27.7 Å². The van der Waals surface area contributed by atoms with Gasteiger partial charge in [0.25, 0.3) is 0 Å². The maximum absolute atomic E-state index is 5.91. The normalized spacial score (nSPS) is 10.7. The lowest BCUT2D eigenvalue weighted by atomic mass is 10.1. The van der Waals surface area contributed by atoms with Crippen molar-refractivity contribution in [1.82, 2.24) is 9.78 Å². The Hall–Kier alpha value is -0.750. The molecule has 2 rings (SSSR count). The molecular weight excluding hydrogens is 336 g/mol. The minimum Gasteiger partial charge on any atom is -0.383 e. The maximum atomic E-state index is 5.91. The predicted octanol–water partition coefficient (Wildman–Crippen LogP) is 3.08. The quantitative estimate of drug-likeness (QED) is 0.849. The summed E-state index contributed by atoms with van der Waals surface area (Å²) < 4.78 is 2.77. The zero-order chi connectivity index (χ0) is 11.7. The van der Waals surface area contributed by atoms with Crippen LogP contribution in [0.1, 0.15) is 11.1 Å². The SMILES string of the molecule is Cc1cc(Cl)ccc1Cn1ncc(I)c1N. The summed E-state index contributed by atoms with van der Waals surface area (Å²) in [5, 5.41) is 4.98. The zero-order valence-electron chi connectivity index (χ0n) is 8.74. The Morgan fingerprint density at radius 2 is 2.25 bits per heavy atom. The molecule has 1 heterocycles. The Labute approximate surface area is 113 Å². The number of hydrogen-bond acceptors (Lipinski definition) is 2. The minimum atomic E-state index is 0.678. The van der Waals surface area contributed by atoms with Crippen molar-refractivity contribution in [3.05, 3.63) is 44.1 Å². The average Bonchev–Trinajstić information content (AvgIpc) is 2.54. The van der Waals surface area contributed by atoms with E-state index in [4.69, 9.17) is 17.3 Å². The summed E-state index contributed by atoms with van der Waals surface area (Å²) in [5.41, 5.74) is 8.22. The molecule has 0 amide bonds. The van der Waals surface area contributed by atoms with Crippen molar-refractivity contribution in [1.29, 1.82) is 0 Å². The Morgan fingerprint density at radius 3 is 2.81 bits per heavy atom. The lowest BCUT2D eigenvalue weighted by Crippen LogP contribution is -2.07. The summed E-state index contributed by atoms with van der Waals surface area (Å²) in [5.74, 6) is 0.704. The molecule has 0 radical (unpaired) electrons. The monoisotopic (exact) mass is 347 g/mol. The highest BCUT2D eigenvalue weighted by atomic mass is 127. The van der Waals surface area contributed by atoms with E-state index in [0.717, 1.165) is 14.2 Å². The number of aromatic nitrogens is 2. The molecule has 1 aromatic heterocycles. The molecule has 0 aliphatic heterocycles. The van der Waals surface area contributed by atoms with Crippen LogP contribution in [0.25, 0.3) is 0 Å². The van der Waals surface area contributed by atoms with Crippen LogP contribution in [0, 0.1) is 10.5 Å². The van der Waals surface area contributed by atoms with E-state index in [9.17, 15) is 0 Å². The fourth-order valence-electron chi connectivity index (χ4n) is 1.50. The third-order valence-electron chi connectivity index (χ3n) is 2.46. The summed E-state index contributed by atoms with van der Waals surface area (Å²) in [4.78, 5) is 0. The molecule has 84 valence electrons. The number of nitrogens with zero attached hydrogens (tertiary/aromatic N) is 2. The molecule has 1 aromatic carbocycles. The maximum Gasteiger partial charge on any atom is 0.135 e. The Balaban J connectivity index is 2.30. The molecular formula is C11H11ClIN3. The van der Waals surface area contributed by atoms with Crippen LogP contribution in [0.15, 0.2) is 24.4 Å². The highest BCUT2D eigenvalue weighted by Gasteiger charge is 2.06. The van der Waals surface area contributed by atoms with Gasteiger partial charge in [0.2, 0.25) is 0 Å². The van der Waals surface area contributed by atoms with Crippen molar-refractivity contribution in [3.8, 4) is 0 Å². The average molecular weight is 348 g/mol. The van der Waals surface area contributed by atoms with Gasteiger partial charge >= 0.3 is 0 Å². The molecule has 0 saturated heterocycles. The van der Waals surface area contributed by atoms with Crippen LogP contribution in [0.2, 0.25) is 5.02 Å². The molecule has 2 aromatic rings. The molecule has 0 spiro atoms. The van der Waals surface area contributed by atoms with E-state index >= 15 is 0 Å². The summed E-state index contributed by atoms with van der Waals surface area (Å²) in [6, 6.07) is 5.84. The summed E-state index contributed by atoms with van der Waals surface area (Å²) in [7, 11) is 0. The number of anilines is 1. The standard InChI is InChI=1S/C11H11ClIN3/c1-7-4-9(12)3-2-8(7)6-16-11(14)10(13)5-15-16/h2-5H,6,14H2,1H3. The number of nitrogens with two attached hydrogens (primary N) is 1. The van der Waals surface area contributed by atoms with Crippen LogP contribution in [0.3, 0.4) is 0 Å². The number of nitrogen functional groups attached to an aromatic ring is 1. The summed E-state index contributed by atoms with van der Waals surface area (Å²) in [6.07, 6.45) is 1.77. The number of rotatable bonds is 2. The first-order valence-corrected chi connectivity index (χ1v) is 6.25. The molecule has 0 fully saturated rings. The van der Waals surface area contributed by atoms with Crippen molar-refractivity contribution in [2.45, 2.75) is 13.5 Å². The van der Waals surface area contributed by atoms with Crippen LogP contribution in [0.5, 0.6) is 0 Å². The smallest absolute Gasteiger partial charge is 0.135 e. The van der Waals surface area contributed by atoms with Gasteiger partial charge < -0.3 is 5.73 Å². The van der Waals surface area contributed by atoms with Crippen molar-refractivity contribution >= 4 is 40.0 Å². The molecule has 0 atom stereocenters. The highest BCUT2D eigenvalue weighted by Crippen LogP contribution is 2.19. The van der Waals surface area contributed by atoms with Gasteiger partial charge in [-0.1, -0.05) is 17.7 Å². The lowest BCUT2D eigenvalue weighted by Gasteiger charge is -2.08. The fraction of sp³-hybridized carbons (Fsp3) is 0.182. The fourth-order valence-corrected chi connectivity index (χ4v) is 2.13. The van der Waals surface area contributed by atoms with E-state index in [1.165, 1.54) is 5.56 Å². The largest absolute Gasteiger partial charge is 0.383 e. The predicted molar refractivity (Wildman–Crippen MR) is 74.6 cm³/mol. The minimum absolute atomic E-state index is 0.678. The van der Waals surface area contributed by atoms with Gasteiger partial charge in [-0.05, 0) is 52.8 Å². The molecule has 0 aliphatic rings. The Kier molecular flexibility index (Phi) is 3.39. The van der Waals surface area contributed by atoms with E-state index in [-0.39, 0.29) is 0 Å². The van der Waals surface area contributed by atoms with E-state index in [1.54, 1.807) is 10.9 Å². The van der Waals surface area contributed by atoms with Gasteiger partial charge in [-0.15, -0.1) is 0 Å². The van der Waals surface area contributed by atoms with Crippen molar-refractivity contribution < 1.29 is 0 Å². The summed E-state index contributed by atoms with van der Waals surface area (Å²) >= 11 is 8.08. The second-order valence-corrected chi connectivity index (χ2v) is 5.20. The molecule has 3 nitrogen and oxygen atoms in total. The third-order valence-corrected chi connectivity index (χ3v) is 3.52. The van der Waals surface area contributed by atoms with E-state index in [0.29, 0.717) is 12.4 Å². The first kappa shape index (κ1) is 11.7. The van der Waals surface area contributed by atoms with Gasteiger partial charge in [-0.2, -0.15) is 5.10 Å². The topological polar surface area (TPSA) is 43.8 Å². The summed E-state index contributed by atoms with van der Waals surface area (Å²) in [6.45, 7) is 2.71. The van der Waals surface area contributed by atoms with Gasteiger partial charge in [-0.3, -0.25) is 0 Å². The second kappa shape index (κ2) is 4.63. The molecule has 0 unspecified atom stereocenters. The Bertz CT molecular complexity index is 522. The van der Waals surface area contributed by atoms with Crippen LogP contribution in [-0.2, 0) is 6.54 Å². The Morgan fingerprint density at radius 1 is 1.50 bits per heavy atom. The van der Waals surface area contributed by atoms with Gasteiger partial charge in [0.1, 0.15) is 5.82 Å². The van der Waals surface area contributed by atoms with Gasteiger partial charge in [0, 0.05) is 5.02 Å². The number of aryl methyl sites for hydroxylation is 1. The number of benzene rings is 1. The number of halogens is 2. The van der Waals surface area contributed by atoms with Gasteiger partial charge in [0.05, 0.1) is 16.3 Å². The van der Waals surface area contributed by atoms with Crippen LogP contribution >= 0.6 is 34.2 Å². The zero-order valence-corrected chi connectivity index (χ0v) is 11.7. The van der Waals surface area contributed by atoms with Crippen molar-refractivity contribution in [3.63, 3.8) is 0 Å². The second-order valence-electron chi connectivity index (χ2n) is 3.61. The molecule has 5 heteroatoms. The lowest BCUT2D eigenvalue weighted by molar-refractivity contribution is 0.694. The van der Waals surface area contributed by atoms with Gasteiger partial charge in [-0.25, -0.2) is 4.68 Å². The third kappa shape index (κ3) is 2.32. The molecule has 2 N–H and O–H groups in total. The molecule has 0 saturated carbocycles. The van der Waals surface area contributed by atoms with Crippen LogP contribution in [-0.4, -0.2) is 9.78 Å².